The molecule has 4 N–H and O–H groups in total. The number of benzene rings is 4. The van der Waals surface area contributed by atoms with E-state index in [4.69, 9.17) is 33.8 Å². The standard InChI is InChI=1S/2C28H33N7O3.C2H3N.2CH4O3S/c2*1-7-27(36)30-20-16-19(24(38-6)18-23(20)33(4)15-14-32(2)3)17-25-29-13-12-26(31-25)35-22-11-9-8-10-21(22)34(5)28(35)37;1-2-3;2*1-5(2,3)4/h2*7-13,16,18H,1,14-15,17H2,2-6H3,(H,30,36);1H3;2*1H3,(H,2,3,4). The molecule has 0 unspecified atom stereocenters. The summed E-state index contributed by atoms with van der Waals surface area (Å²) in [7, 11) is 11.4. The Labute approximate surface area is 517 Å². The number of ether oxygens (including phenoxy) is 2. The number of methoxy groups -OCH3 is 2. The number of aromatic nitrogens is 8. The molecule has 0 radical (unpaired) electrons. The Balaban J connectivity index is 0.000000318. The highest BCUT2D eigenvalue weighted by Crippen LogP contribution is 2.36. The van der Waals surface area contributed by atoms with Gasteiger partial charge in [-0.3, -0.25) is 27.8 Å². The van der Waals surface area contributed by atoms with Crippen molar-refractivity contribution in [2.24, 2.45) is 14.1 Å². The number of aryl methyl sites for hydroxylation is 2. The van der Waals surface area contributed by atoms with Crippen molar-refractivity contribution in [3.8, 4) is 29.2 Å². The van der Waals surface area contributed by atoms with Crippen molar-refractivity contribution in [1.29, 1.82) is 5.26 Å². The van der Waals surface area contributed by atoms with E-state index in [1.807, 2.05) is 115 Å². The summed E-state index contributed by atoms with van der Waals surface area (Å²) in [6.45, 7) is 11.8. The number of fused-ring (bicyclic) bond motifs is 2. The third-order valence-electron chi connectivity index (χ3n) is 12.7. The highest BCUT2D eigenvalue weighted by Gasteiger charge is 2.21. The monoisotopic (exact) mass is 1260 g/mol. The van der Waals surface area contributed by atoms with Crippen LogP contribution in [-0.2, 0) is 56.8 Å². The Hall–Kier alpha value is -9.57. The Morgan fingerprint density at radius 1 is 0.607 bits per heavy atom. The van der Waals surface area contributed by atoms with Gasteiger partial charge in [0.1, 0.15) is 34.8 Å². The number of para-hydroxylation sites is 4. The quantitative estimate of drug-likeness (QED) is 0.0561. The maximum absolute atomic E-state index is 13.0. The highest BCUT2D eigenvalue weighted by molar-refractivity contribution is 7.85. The molecule has 0 saturated carbocycles. The van der Waals surface area contributed by atoms with Gasteiger partial charge in [-0.2, -0.15) is 22.1 Å². The number of rotatable bonds is 20. The molecule has 476 valence electrons. The predicted octanol–water partition coefficient (Wildman–Crippen LogP) is 5.22. The molecule has 4 aromatic heterocycles. The van der Waals surface area contributed by atoms with Crippen LogP contribution < -0.4 is 41.3 Å². The number of carbonyl (C=O) groups is 2. The molecule has 8 rings (SSSR count). The Kier molecular flexibility index (Phi) is 26.6. The van der Waals surface area contributed by atoms with Crippen molar-refractivity contribution in [2.45, 2.75) is 19.8 Å². The van der Waals surface area contributed by atoms with E-state index >= 15 is 0 Å². The van der Waals surface area contributed by atoms with Gasteiger partial charge >= 0.3 is 11.4 Å². The van der Waals surface area contributed by atoms with E-state index in [0.717, 1.165) is 70.7 Å². The van der Waals surface area contributed by atoms with Crippen molar-refractivity contribution < 1.29 is 45.0 Å². The number of anilines is 4. The van der Waals surface area contributed by atoms with Crippen LogP contribution in [0.3, 0.4) is 0 Å². The van der Waals surface area contributed by atoms with Crippen LogP contribution in [-0.4, -0.2) is 181 Å². The van der Waals surface area contributed by atoms with Gasteiger partial charge in [0.05, 0.1) is 77.6 Å². The zero-order valence-electron chi connectivity index (χ0n) is 52.2. The van der Waals surface area contributed by atoms with Crippen molar-refractivity contribution in [1.82, 2.24) is 48.0 Å². The lowest BCUT2D eigenvalue weighted by molar-refractivity contribution is -0.112. The van der Waals surface area contributed by atoms with Crippen LogP contribution in [0.25, 0.3) is 33.7 Å². The summed E-state index contributed by atoms with van der Waals surface area (Å²) in [5.74, 6) is 2.65. The highest BCUT2D eigenvalue weighted by atomic mass is 32.2. The third kappa shape index (κ3) is 21.4. The number of nitriles is 1. The van der Waals surface area contributed by atoms with Crippen LogP contribution >= 0.6 is 0 Å². The summed E-state index contributed by atoms with van der Waals surface area (Å²) in [6, 6.07) is 27.9. The maximum Gasteiger partial charge on any atom is 0.334 e. The second-order valence-corrected chi connectivity index (χ2v) is 23.2. The van der Waals surface area contributed by atoms with Crippen LogP contribution in [0.15, 0.2) is 132 Å². The third-order valence-corrected chi connectivity index (χ3v) is 12.7. The zero-order chi connectivity index (χ0) is 66.5. The first-order valence-electron chi connectivity index (χ1n) is 27.0. The van der Waals surface area contributed by atoms with Crippen molar-refractivity contribution >= 4 is 76.9 Å². The molecule has 4 heterocycles. The Bertz CT molecular complexity index is 3910. The van der Waals surface area contributed by atoms with Gasteiger partial charge in [-0.05, 0) is 88.9 Å². The summed E-state index contributed by atoms with van der Waals surface area (Å²) >= 11 is 0. The van der Waals surface area contributed by atoms with Gasteiger partial charge in [0.2, 0.25) is 11.8 Å². The lowest BCUT2D eigenvalue weighted by Gasteiger charge is -2.25. The van der Waals surface area contributed by atoms with E-state index in [-0.39, 0.29) is 23.2 Å². The van der Waals surface area contributed by atoms with Gasteiger partial charge in [0, 0.05) is 110 Å². The lowest BCUT2D eigenvalue weighted by atomic mass is 10.1. The first-order valence-corrected chi connectivity index (χ1v) is 30.7. The molecule has 27 nitrogen and oxygen atoms in total. The van der Waals surface area contributed by atoms with Gasteiger partial charge < -0.3 is 39.7 Å². The molecule has 29 heteroatoms. The summed E-state index contributed by atoms with van der Waals surface area (Å²) in [5, 5.41) is 13.2. The lowest BCUT2D eigenvalue weighted by Crippen LogP contribution is -2.29. The number of hydrogen-bond donors (Lipinski definition) is 4. The molecule has 0 saturated heterocycles. The van der Waals surface area contributed by atoms with E-state index in [2.05, 4.69) is 53.4 Å². The molecule has 0 aliphatic carbocycles. The summed E-state index contributed by atoms with van der Waals surface area (Å²) in [4.78, 5) is 77.2. The van der Waals surface area contributed by atoms with Crippen LogP contribution in [0.4, 0.5) is 22.7 Å². The minimum atomic E-state index is -3.67. The largest absolute Gasteiger partial charge is 0.496 e. The predicted molar refractivity (Wildman–Crippen MR) is 347 cm³/mol. The molecule has 0 atom stereocenters. The number of nitrogens with zero attached hydrogens (tertiary/aromatic N) is 13. The fraction of sp³-hybridized carbons (Fsp3) is 0.317. The SMILES string of the molecule is C=CC(=O)Nc1cc(Cc2nccc(-n3c(=O)n(C)c4ccccc43)n2)c(OC)cc1N(C)CCN(C)C.C=CC(=O)Nc1cc(Cc2nccc(-n3c(=O)n(C)c4ccccc43)n2)c(OC)cc1N(C)CCN(C)C.CC#N.CS(=O)(=O)O.CS(=O)(=O)O. The fourth-order valence-corrected chi connectivity index (χ4v) is 8.59. The van der Waals surface area contributed by atoms with Gasteiger partial charge in [-0.15, -0.1) is 0 Å². The smallest absolute Gasteiger partial charge is 0.334 e. The molecule has 0 fully saturated rings. The van der Waals surface area contributed by atoms with Gasteiger partial charge in [0.25, 0.3) is 20.2 Å². The van der Waals surface area contributed by atoms with Crippen LogP contribution in [0.2, 0.25) is 0 Å². The van der Waals surface area contributed by atoms with Crippen LogP contribution in [0, 0.1) is 11.3 Å². The molecule has 8 aromatic rings. The molecule has 0 spiro atoms. The number of imidazole rings is 2. The molecule has 0 aliphatic heterocycles. The second kappa shape index (κ2) is 33.0. The van der Waals surface area contributed by atoms with E-state index in [1.165, 1.54) is 19.1 Å². The molecule has 0 aliphatic rings. The van der Waals surface area contributed by atoms with E-state index in [9.17, 15) is 36.0 Å². The zero-order valence-corrected chi connectivity index (χ0v) is 53.8. The average Bonchev–Trinajstić information content (AvgIpc) is 2.11. The van der Waals surface area contributed by atoms with Gasteiger partial charge in [0.15, 0.2) is 0 Å². The van der Waals surface area contributed by atoms with E-state index < -0.39 is 20.2 Å². The molecule has 2 amide bonds. The number of nitrogens with one attached hydrogen (secondary N) is 2. The number of hydrogen-bond acceptors (Lipinski definition) is 19. The van der Waals surface area contributed by atoms with Gasteiger partial charge in [-0.1, -0.05) is 37.4 Å². The molecular weight excluding hydrogens is 1190 g/mol. The van der Waals surface area contributed by atoms with Gasteiger partial charge in [-0.25, -0.2) is 38.7 Å². The topological polar surface area (TPSA) is 328 Å². The molecule has 89 heavy (non-hydrogen) atoms. The van der Waals surface area contributed by atoms with Crippen LogP contribution in [0.1, 0.15) is 29.7 Å². The average molecular weight is 1260 g/mol. The van der Waals surface area contributed by atoms with Crippen molar-refractivity contribution in [3.05, 3.63) is 166 Å². The van der Waals surface area contributed by atoms with E-state index in [0.29, 0.717) is 71.5 Å². The minimum Gasteiger partial charge on any atom is -0.496 e. The summed E-state index contributed by atoms with van der Waals surface area (Å²) in [6.07, 6.45) is 7.85. The first kappa shape index (κ1) is 71.9. The first-order chi connectivity index (χ1) is 41.9. The Morgan fingerprint density at radius 2 is 0.921 bits per heavy atom. The second-order valence-electron chi connectivity index (χ2n) is 20.2. The summed E-state index contributed by atoms with van der Waals surface area (Å²) < 4.78 is 69.6. The number of likely N-dealkylation sites (N-methyl/N-ethyl adjacent to an activating group) is 4. The maximum atomic E-state index is 13.0. The molecular formula is C60H77N15O12S2. The molecule has 0 bridgehead atoms. The van der Waals surface area contributed by atoms with Crippen LogP contribution in [0.5, 0.6) is 11.5 Å². The minimum absolute atomic E-state index is 0.187. The number of amides is 2. The Morgan fingerprint density at radius 3 is 1.21 bits per heavy atom. The number of carbonyl (C=O) groups excluding carboxylic acids is 2. The fourth-order valence-electron chi connectivity index (χ4n) is 8.59. The van der Waals surface area contributed by atoms with E-state index in [1.54, 1.807) is 77.2 Å². The summed E-state index contributed by atoms with van der Waals surface area (Å²) in [5.41, 5.74) is 7.27. The van der Waals surface area contributed by atoms with Crippen molar-refractivity contribution in [2.75, 3.05) is 116 Å². The van der Waals surface area contributed by atoms with Crippen molar-refractivity contribution in [3.63, 3.8) is 0 Å². The normalized spacial score (nSPS) is 10.9. The molecule has 4 aromatic carbocycles.